The molecule has 0 aliphatic carbocycles. The number of aromatic hydroxyl groups is 1. The van der Waals surface area contributed by atoms with E-state index in [4.69, 9.17) is 4.42 Å². The first-order chi connectivity index (χ1) is 10.5. The topological polar surface area (TPSA) is 81.2 Å². The Kier molecular flexibility index (Phi) is 3.46. The standard InChI is InChI=1S/C15H12FN3O3/c1-19-7-6-11(13(20)15(19)21)14-18-17-12(22-14)8-9-2-4-10(16)5-3-9/h2-7,20H,8H2,1H3. The zero-order valence-corrected chi connectivity index (χ0v) is 11.7. The molecule has 112 valence electrons. The molecule has 0 amide bonds. The molecule has 0 bridgehead atoms. The van der Waals surface area contributed by atoms with Gasteiger partial charge in [0.1, 0.15) is 5.82 Å². The number of nitrogens with zero attached hydrogens (tertiary/aromatic N) is 3. The molecule has 3 aromatic rings. The van der Waals surface area contributed by atoms with Gasteiger partial charge in [0.2, 0.25) is 5.89 Å². The third-order valence-corrected chi connectivity index (χ3v) is 3.21. The molecule has 0 aliphatic rings. The SMILES string of the molecule is Cn1ccc(-c2nnc(Cc3ccc(F)cc3)o2)c(O)c1=O. The van der Waals surface area contributed by atoms with Gasteiger partial charge in [0.25, 0.3) is 11.4 Å². The smallest absolute Gasteiger partial charge is 0.293 e. The van der Waals surface area contributed by atoms with Crippen molar-refractivity contribution in [3.8, 4) is 17.2 Å². The molecular formula is C15H12FN3O3. The number of halogens is 1. The lowest BCUT2D eigenvalue weighted by molar-refractivity contribution is 0.457. The van der Waals surface area contributed by atoms with Crippen molar-refractivity contribution in [1.82, 2.24) is 14.8 Å². The number of aryl methyl sites for hydroxylation is 1. The van der Waals surface area contributed by atoms with E-state index in [9.17, 15) is 14.3 Å². The molecule has 2 heterocycles. The maximum atomic E-state index is 12.9. The lowest BCUT2D eigenvalue weighted by Crippen LogP contribution is -2.15. The predicted molar refractivity (Wildman–Crippen MR) is 75.8 cm³/mol. The first kappa shape index (κ1) is 14.0. The van der Waals surface area contributed by atoms with Crippen LogP contribution in [0.25, 0.3) is 11.5 Å². The van der Waals surface area contributed by atoms with E-state index in [0.29, 0.717) is 12.3 Å². The molecule has 0 spiro atoms. The summed E-state index contributed by atoms with van der Waals surface area (Å²) in [5.41, 5.74) is 0.446. The Balaban J connectivity index is 1.89. The van der Waals surface area contributed by atoms with Gasteiger partial charge in [-0.25, -0.2) is 4.39 Å². The fraction of sp³-hybridized carbons (Fsp3) is 0.133. The van der Waals surface area contributed by atoms with Crippen LogP contribution in [0.2, 0.25) is 0 Å². The fourth-order valence-corrected chi connectivity index (χ4v) is 2.00. The van der Waals surface area contributed by atoms with E-state index in [-0.39, 0.29) is 17.3 Å². The van der Waals surface area contributed by atoms with Crippen LogP contribution in [0.1, 0.15) is 11.5 Å². The summed E-state index contributed by atoms with van der Waals surface area (Å²) in [5.74, 6) is -0.393. The monoisotopic (exact) mass is 301 g/mol. The Morgan fingerprint density at radius 1 is 1.23 bits per heavy atom. The highest BCUT2D eigenvalue weighted by molar-refractivity contribution is 5.60. The third kappa shape index (κ3) is 2.60. The summed E-state index contributed by atoms with van der Waals surface area (Å²) in [4.78, 5) is 11.7. The molecule has 0 unspecified atom stereocenters. The second-order valence-corrected chi connectivity index (χ2v) is 4.80. The minimum atomic E-state index is -0.546. The number of aromatic nitrogens is 3. The molecule has 2 aromatic heterocycles. The molecule has 0 aliphatic heterocycles. The Morgan fingerprint density at radius 2 is 1.95 bits per heavy atom. The molecule has 22 heavy (non-hydrogen) atoms. The van der Waals surface area contributed by atoms with Gasteiger partial charge < -0.3 is 14.1 Å². The number of hydrogen-bond donors (Lipinski definition) is 1. The van der Waals surface area contributed by atoms with E-state index in [2.05, 4.69) is 10.2 Å². The van der Waals surface area contributed by atoms with Gasteiger partial charge >= 0.3 is 0 Å². The van der Waals surface area contributed by atoms with Crippen molar-refractivity contribution in [2.24, 2.45) is 7.05 Å². The van der Waals surface area contributed by atoms with Crippen molar-refractivity contribution in [3.05, 3.63) is 64.2 Å². The van der Waals surface area contributed by atoms with Crippen LogP contribution in [0, 0.1) is 5.82 Å². The van der Waals surface area contributed by atoms with Crippen LogP contribution in [0.5, 0.6) is 5.75 Å². The van der Waals surface area contributed by atoms with Crippen LogP contribution < -0.4 is 5.56 Å². The van der Waals surface area contributed by atoms with Crippen molar-refractivity contribution < 1.29 is 13.9 Å². The summed E-state index contributed by atoms with van der Waals surface area (Å²) in [6, 6.07) is 7.45. The van der Waals surface area contributed by atoms with Gasteiger partial charge in [-0.1, -0.05) is 12.1 Å². The van der Waals surface area contributed by atoms with Gasteiger partial charge in [-0.2, -0.15) is 0 Å². The largest absolute Gasteiger partial charge is 0.502 e. The van der Waals surface area contributed by atoms with Gasteiger partial charge in [-0.15, -0.1) is 10.2 Å². The molecule has 0 saturated carbocycles. The first-order valence-corrected chi connectivity index (χ1v) is 6.50. The minimum Gasteiger partial charge on any atom is -0.502 e. The highest BCUT2D eigenvalue weighted by Crippen LogP contribution is 2.24. The Hall–Kier alpha value is -2.96. The van der Waals surface area contributed by atoms with Gasteiger partial charge in [0.05, 0.1) is 12.0 Å². The molecule has 0 atom stereocenters. The van der Waals surface area contributed by atoms with Crippen LogP contribution in [0.4, 0.5) is 4.39 Å². The fourth-order valence-electron chi connectivity index (χ4n) is 2.00. The Bertz CT molecular complexity index is 868. The third-order valence-electron chi connectivity index (χ3n) is 3.21. The number of pyridine rings is 1. The van der Waals surface area contributed by atoms with E-state index in [1.165, 1.54) is 36.0 Å². The predicted octanol–water partition coefficient (Wildman–Crippen LogP) is 1.87. The molecule has 6 nitrogen and oxygen atoms in total. The maximum Gasteiger partial charge on any atom is 0.293 e. The average Bonchev–Trinajstić information content (AvgIpc) is 2.96. The minimum absolute atomic E-state index is 0.0623. The Labute approximate surface area is 124 Å². The van der Waals surface area contributed by atoms with Crippen molar-refractivity contribution in [2.75, 3.05) is 0 Å². The lowest BCUT2D eigenvalue weighted by Gasteiger charge is -2.01. The molecule has 1 aromatic carbocycles. The van der Waals surface area contributed by atoms with Crippen LogP contribution in [0.3, 0.4) is 0 Å². The molecule has 0 saturated heterocycles. The van der Waals surface area contributed by atoms with Crippen molar-refractivity contribution in [1.29, 1.82) is 0 Å². The number of rotatable bonds is 3. The van der Waals surface area contributed by atoms with Crippen molar-refractivity contribution in [3.63, 3.8) is 0 Å². The Morgan fingerprint density at radius 3 is 2.68 bits per heavy atom. The summed E-state index contributed by atoms with van der Waals surface area (Å²) < 4.78 is 19.6. The second kappa shape index (κ2) is 5.44. The summed E-state index contributed by atoms with van der Waals surface area (Å²) in [6.07, 6.45) is 1.83. The number of benzene rings is 1. The molecule has 3 rings (SSSR count). The summed E-state index contributed by atoms with van der Waals surface area (Å²) in [6.45, 7) is 0. The van der Waals surface area contributed by atoms with Crippen LogP contribution in [0.15, 0.2) is 45.7 Å². The molecular weight excluding hydrogens is 289 g/mol. The van der Waals surface area contributed by atoms with Gasteiger partial charge in [0, 0.05) is 13.2 Å². The van der Waals surface area contributed by atoms with Crippen molar-refractivity contribution >= 4 is 0 Å². The average molecular weight is 301 g/mol. The second-order valence-electron chi connectivity index (χ2n) is 4.80. The van der Waals surface area contributed by atoms with Crippen LogP contribution in [-0.4, -0.2) is 19.9 Å². The van der Waals surface area contributed by atoms with Gasteiger partial charge in [0.15, 0.2) is 5.75 Å². The molecule has 7 heteroatoms. The van der Waals surface area contributed by atoms with Crippen LogP contribution >= 0.6 is 0 Å². The van der Waals surface area contributed by atoms with Crippen LogP contribution in [-0.2, 0) is 13.5 Å². The summed E-state index contributed by atoms with van der Waals surface area (Å²) in [5, 5.41) is 17.6. The number of hydrogen-bond acceptors (Lipinski definition) is 5. The first-order valence-electron chi connectivity index (χ1n) is 6.50. The quantitative estimate of drug-likeness (QED) is 0.798. The van der Waals surface area contributed by atoms with Gasteiger partial charge in [-0.05, 0) is 23.8 Å². The normalized spacial score (nSPS) is 10.8. The summed E-state index contributed by atoms with van der Waals surface area (Å²) >= 11 is 0. The summed E-state index contributed by atoms with van der Waals surface area (Å²) in [7, 11) is 1.53. The highest BCUT2D eigenvalue weighted by Gasteiger charge is 2.15. The highest BCUT2D eigenvalue weighted by atomic mass is 19.1. The van der Waals surface area contributed by atoms with E-state index < -0.39 is 11.3 Å². The molecule has 1 N–H and O–H groups in total. The molecule has 0 radical (unpaired) electrons. The van der Waals surface area contributed by atoms with E-state index in [0.717, 1.165) is 5.56 Å². The van der Waals surface area contributed by atoms with E-state index >= 15 is 0 Å². The van der Waals surface area contributed by atoms with E-state index in [1.807, 2.05) is 0 Å². The van der Waals surface area contributed by atoms with Crippen molar-refractivity contribution in [2.45, 2.75) is 6.42 Å². The lowest BCUT2D eigenvalue weighted by atomic mass is 10.1. The molecule has 0 fully saturated rings. The van der Waals surface area contributed by atoms with Gasteiger partial charge in [-0.3, -0.25) is 4.79 Å². The zero-order valence-electron chi connectivity index (χ0n) is 11.7. The maximum absolute atomic E-state index is 12.9. The zero-order chi connectivity index (χ0) is 15.7. The van der Waals surface area contributed by atoms with E-state index in [1.54, 1.807) is 12.1 Å².